The Hall–Kier alpha value is -0.730. The number of nitrogens with zero attached hydrogens (tertiary/aromatic N) is 2. The highest BCUT2D eigenvalue weighted by molar-refractivity contribution is 6.31. The number of imidazole rings is 1. The van der Waals surface area contributed by atoms with E-state index < -0.39 is 0 Å². The van der Waals surface area contributed by atoms with Crippen molar-refractivity contribution < 1.29 is 0 Å². The van der Waals surface area contributed by atoms with E-state index in [-0.39, 0.29) is 5.38 Å². The molecule has 2 saturated carbocycles. The lowest BCUT2D eigenvalue weighted by atomic mass is 9.88. The van der Waals surface area contributed by atoms with Crippen molar-refractivity contribution in [2.24, 2.45) is 17.8 Å². The first-order valence-corrected chi connectivity index (χ1v) is 8.73. The first-order valence-electron chi connectivity index (χ1n) is 7.91. The molecule has 0 radical (unpaired) electrons. The van der Waals surface area contributed by atoms with Gasteiger partial charge in [-0.15, -0.1) is 11.6 Å². The van der Waals surface area contributed by atoms with E-state index >= 15 is 0 Å². The SMILES string of the molecule is CC(Cl)c1nc2ccc(Cl)cc2n1CC1CC2CCC1C2. The second-order valence-corrected chi connectivity index (χ2v) is 7.86. The normalized spacial score (nSPS) is 29.4. The van der Waals surface area contributed by atoms with Gasteiger partial charge in [-0.25, -0.2) is 4.98 Å². The van der Waals surface area contributed by atoms with Gasteiger partial charge in [-0.2, -0.15) is 0 Å². The largest absolute Gasteiger partial charge is 0.326 e. The predicted octanol–water partition coefficient (Wildman–Crippen LogP) is 5.43. The summed E-state index contributed by atoms with van der Waals surface area (Å²) in [5, 5.41) is 0.695. The molecule has 1 aromatic carbocycles. The molecule has 112 valence electrons. The van der Waals surface area contributed by atoms with Gasteiger partial charge >= 0.3 is 0 Å². The smallest absolute Gasteiger partial charge is 0.127 e. The summed E-state index contributed by atoms with van der Waals surface area (Å²) in [6, 6.07) is 5.93. The van der Waals surface area contributed by atoms with Gasteiger partial charge in [-0.05, 0) is 62.1 Å². The number of fused-ring (bicyclic) bond motifs is 3. The molecular weight excluding hydrogens is 303 g/mol. The van der Waals surface area contributed by atoms with E-state index in [4.69, 9.17) is 28.2 Å². The maximum Gasteiger partial charge on any atom is 0.127 e. The Morgan fingerprint density at radius 3 is 2.86 bits per heavy atom. The van der Waals surface area contributed by atoms with E-state index in [9.17, 15) is 0 Å². The van der Waals surface area contributed by atoms with Crippen LogP contribution < -0.4 is 0 Å². The fraction of sp³-hybridized carbons (Fsp3) is 0.588. The molecule has 4 heteroatoms. The van der Waals surface area contributed by atoms with E-state index in [1.807, 2.05) is 25.1 Å². The summed E-state index contributed by atoms with van der Waals surface area (Å²) in [5.41, 5.74) is 2.14. The standard InChI is InChI=1S/C17H20Cl2N2/c1-10(18)17-20-15-5-4-14(19)8-16(15)21(17)9-13-7-11-2-3-12(13)6-11/h4-5,8,10-13H,2-3,6-7,9H2,1H3. The van der Waals surface area contributed by atoms with Gasteiger partial charge in [0.05, 0.1) is 16.4 Å². The average molecular weight is 323 g/mol. The molecule has 0 aliphatic heterocycles. The minimum Gasteiger partial charge on any atom is -0.326 e. The molecular formula is C17H20Cl2N2. The Bertz CT molecular complexity index is 677. The molecule has 0 spiro atoms. The monoisotopic (exact) mass is 322 g/mol. The molecule has 4 unspecified atom stereocenters. The fourth-order valence-electron chi connectivity index (χ4n) is 4.44. The molecule has 0 saturated heterocycles. The van der Waals surface area contributed by atoms with Gasteiger partial charge in [-0.3, -0.25) is 0 Å². The molecule has 1 aromatic heterocycles. The number of hydrogen-bond acceptors (Lipinski definition) is 1. The summed E-state index contributed by atoms with van der Waals surface area (Å²) in [6.07, 6.45) is 5.66. The topological polar surface area (TPSA) is 17.8 Å². The molecule has 2 aromatic rings. The summed E-state index contributed by atoms with van der Waals surface area (Å²) >= 11 is 12.6. The zero-order valence-corrected chi connectivity index (χ0v) is 13.7. The van der Waals surface area contributed by atoms with Crippen molar-refractivity contribution in [1.29, 1.82) is 0 Å². The van der Waals surface area contributed by atoms with Crippen LogP contribution in [0.1, 0.15) is 43.8 Å². The highest BCUT2D eigenvalue weighted by atomic mass is 35.5. The quantitative estimate of drug-likeness (QED) is 0.689. The third kappa shape index (κ3) is 2.37. The third-order valence-corrected chi connectivity index (χ3v) is 5.83. The number of rotatable bonds is 3. The Kier molecular flexibility index (Phi) is 3.42. The van der Waals surface area contributed by atoms with Gasteiger partial charge < -0.3 is 4.57 Å². The maximum absolute atomic E-state index is 6.37. The number of alkyl halides is 1. The van der Waals surface area contributed by atoms with Crippen LogP contribution in [-0.2, 0) is 6.54 Å². The Labute approximate surface area is 135 Å². The van der Waals surface area contributed by atoms with Gasteiger partial charge in [-0.1, -0.05) is 18.0 Å². The molecule has 4 rings (SSSR count). The lowest BCUT2D eigenvalue weighted by molar-refractivity contribution is 0.295. The fourth-order valence-corrected chi connectivity index (χ4v) is 4.78. The van der Waals surface area contributed by atoms with Crippen LogP contribution in [-0.4, -0.2) is 9.55 Å². The van der Waals surface area contributed by atoms with Crippen LogP contribution in [0.5, 0.6) is 0 Å². The second kappa shape index (κ2) is 5.17. The predicted molar refractivity (Wildman–Crippen MR) is 87.9 cm³/mol. The van der Waals surface area contributed by atoms with E-state index in [2.05, 4.69) is 4.57 Å². The first kappa shape index (κ1) is 13.9. The molecule has 0 amide bonds. The molecule has 2 nitrogen and oxygen atoms in total. The molecule has 2 bridgehead atoms. The van der Waals surface area contributed by atoms with Gasteiger partial charge in [0.25, 0.3) is 0 Å². The van der Waals surface area contributed by atoms with Crippen LogP contribution in [0, 0.1) is 17.8 Å². The number of hydrogen-bond donors (Lipinski definition) is 0. The van der Waals surface area contributed by atoms with Crippen LogP contribution in [0.4, 0.5) is 0 Å². The van der Waals surface area contributed by atoms with Gasteiger partial charge in [0.2, 0.25) is 0 Å². The van der Waals surface area contributed by atoms with Crippen molar-refractivity contribution >= 4 is 34.2 Å². The Morgan fingerprint density at radius 2 is 2.19 bits per heavy atom. The number of halogens is 2. The van der Waals surface area contributed by atoms with Crippen molar-refractivity contribution in [3.05, 3.63) is 29.0 Å². The van der Waals surface area contributed by atoms with Crippen molar-refractivity contribution in [3.63, 3.8) is 0 Å². The van der Waals surface area contributed by atoms with Crippen LogP contribution in [0.25, 0.3) is 11.0 Å². The average Bonchev–Trinajstić information content (AvgIpc) is 3.13. The lowest BCUT2D eigenvalue weighted by Gasteiger charge is -2.23. The van der Waals surface area contributed by atoms with Crippen LogP contribution in [0.2, 0.25) is 5.02 Å². The van der Waals surface area contributed by atoms with E-state index in [0.717, 1.165) is 46.2 Å². The van der Waals surface area contributed by atoms with E-state index in [1.54, 1.807) is 0 Å². The van der Waals surface area contributed by atoms with Crippen molar-refractivity contribution in [1.82, 2.24) is 9.55 Å². The zero-order valence-electron chi connectivity index (χ0n) is 12.2. The van der Waals surface area contributed by atoms with Gasteiger partial charge in [0.15, 0.2) is 0 Å². The van der Waals surface area contributed by atoms with Crippen LogP contribution in [0.15, 0.2) is 18.2 Å². The molecule has 1 heterocycles. The van der Waals surface area contributed by atoms with Crippen molar-refractivity contribution in [3.8, 4) is 0 Å². The number of aromatic nitrogens is 2. The van der Waals surface area contributed by atoms with Gasteiger partial charge in [0, 0.05) is 11.6 Å². The van der Waals surface area contributed by atoms with Crippen LogP contribution in [0.3, 0.4) is 0 Å². The summed E-state index contributed by atoms with van der Waals surface area (Å²) in [5.74, 6) is 3.64. The van der Waals surface area contributed by atoms with Crippen molar-refractivity contribution in [2.75, 3.05) is 0 Å². The summed E-state index contributed by atoms with van der Waals surface area (Å²) < 4.78 is 2.32. The molecule has 2 fully saturated rings. The van der Waals surface area contributed by atoms with E-state index in [1.165, 1.54) is 25.7 Å². The summed E-state index contributed by atoms with van der Waals surface area (Å²) in [7, 11) is 0. The second-order valence-electron chi connectivity index (χ2n) is 6.76. The Balaban J connectivity index is 1.75. The summed E-state index contributed by atoms with van der Waals surface area (Å²) in [4.78, 5) is 4.73. The highest BCUT2D eigenvalue weighted by Gasteiger charge is 2.39. The molecule has 2 aliphatic carbocycles. The Morgan fingerprint density at radius 1 is 1.33 bits per heavy atom. The van der Waals surface area contributed by atoms with Crippen LogP contribution >= 0.6 is 23.2 Å². The minimum atomic E-state index is -0.0743. The lowest BCUT2D eigenvalue weighted by Crippen LogP contribution is -2.19. The molecule has 2 aliphatic rings. The maximum atomic E-state index is 6.37. The summed E-state index contributed by atoms with van der Waals surface area (Å²) in [6.45, 7) is 3.05. The molecule has 0 N–H and O–H groups in total. The van der Waals surface area contributed by atoms with E-state index in [0.29, 0.717) is 0 Å². The first-order chi connectivity index (χ1) is 10.1. The third-order valence-electron chi connectivity index (χ3n) is 5.40. The molecule has 4 atom stereocenters. The zero-order chi connectivity index (χ0) is 14.6. The number of benzene rings is 1. The highest BCUT2D eigenvalue weighted by Crippen LogP contribution is 2.49. The van der Waals surface area contributed by atoms with Crippen molar-refractivity contribution in [2.45, 2.75) is 44.5 Å². The minimum absolute atomic E-state index is 0.0743. The molecule has 21 heavy (non-hydrogen) atoms. The van der Waals surface area contributed by atoms with Gasteiger partial charge in [0.1, 0.15) is 5.82 Å².